The van der Waals surface area contributed by atoms with Gasteiger partial charge >= 0.3 is 123 Å². The fraction of sp³-hybridized carbons (Fsp3) is 0.0400. The molecule has 3 heteroatoms. The molecular formula is C25H27BrP2. The van der Waals surface area contributed by atoms with Gasteiger partial charge in [-0.25, -0.2) is 0 Å². The minimum absolute atomic E-state index is 0. The number of hydrogen-bond donors (Lipinski definition) is 0. The topological polar surface area (TPSA) is 0 Å². The second-order valence-electron chi connectivity index (χ2n) is 6.56. The van der Waals surface area contributed by atoms with Crippen LogP contribution >= 0.6 is 32.9 Å². The van der Waals surface area contributed by atoms with Crippen molar-refractivity contribution in [1.29, 1.82) is 0 Å². The summed E-state index contributed by atoms with van der Waals surface area (Å²) in [6.07, 6.45) is 0. The zero-order valence-electron chi connectivity index (χ0n) is 16.0. The number of rotatable bonds is 3. The molecule has 0 aromatic heterocycles. The minimum atomic E-state index is -1.96. The summed E-state index contributed by atoms with van der Waals surface area (Å²) >= 11 is 0. The molecule has 4 aromatic rings. The fourth-order valence-corrected chi connectivity index (χ4v) is 8.02. The Kier molecular flexibility index (Phi) is 9.07. The summed E-state index contributed by atoms with van der Waals surface area (Å²) in [5, 5.41) is 4.26. The molecule has 0 saturated carbocycles. The Morgan fingerprint density at radius 3 is 0.929 bits per heavy atom. The average Bonchev–Trinajstić information content (AvgIpc) is 2.76. The second-order valence-corrected chi connectivity index (χ2v) is 12.5. The van der Waals surface area contributed by atoms with Crippen LogP contribution in [-0.4, -0.2) is 0 Å². The van der Waals surface area contributed by atoms with Crippen molar-refractivity contribution in [3.05, 3.63) is 127 Å². The van der Waals surface area contributed by atoms with E-state index in [1.165, 1.54) is 21.5 Å². The van der Waals surface area contributed by atoms with E-state index >= 15 is 0 Å². The third kappa shape index (κ3) is 5.62. The Labute approximate surface area is 182 Å². The molecule has 1 unspecified atom stereocenters. The van der Waals surface area contributed by atoms with Crippen molar-refractivity contribution in [2.24, 2.45) is 0 Å². The van der Waals surface area contributed by atoms with E-state index < -0.39 is 6.95 Å². The normalized spacial score (nSPS) is 10.8. The molecule has 144 valence electrons. The molecule has 0 aliphatic heterocycles. The number of benzene rings is 4. The van der Waals surface area contributed by atoms with Crippen molar-refractivity contribution in [1.82, 2.24) is 0 Å². The van der Waals surface area contributed by atoms with Crippen LogP contribution in [0.1, 0.15) is 5.56 Å². The van der Waals surface area contributed by atoms with Crippen molar-refractivity contribution in [2.45, 2.75) is 6.92 Å². The monoisotopic (exact) mass is 468 g/mol. The molecule has 4 rings (SSSR count). The SMILES string of the molecule is Br.Cc1ccccc1.P[PH](c1ccccc1)(c1ccccc1)c1ccccc1. The molecule has 0 bridgehead atoms. The van der Waals surface area contributed by atoms with E-state index in [0.29, 0.717) is 0 Å². The molecule has 0 aliphatic rings. The predicted molar refractivity (Wildman–Crippen MR) is 138 cm³/mol. The Morgan fingerprint density at radius 1 is 0.464 bits per heavy atom. The van der Waals surface area contributed by atoms with Crippen molar-refractivity contribution in [3.63, 3.8) is 0 Å². The van der Waals surface area contributed by atoms with Gasteiger partial charge < -0.3 is 0 Å². The van der Waals surface area contributed by atoms with Gasteiger partial charge in [-0.1, -0.05) is 35.9 Å². The molecule has 1 atom stereocenters. The standard InChI is InChI=1S/C18H18P2.C7H8.BrH/c19-20(16-10-4-1-5-11-16,17-12-6-2-7-13-17)18-14-8-3-9-15-18;1-7-5-3-2-4-6-7;/h1-15,20H,19H2;2-6H,1H3;1H. The van der Waals surface area contributed by atoms with E-state index in [2.05, 4.69) is 119 Å². The van der Waals surface area contributed by atoms with Crippen LogP contribution in [0.2, 0.25) is 0 Å². The number of halogens is 1. The first kappa shape index (κ1) is 22.5. The van der Waals surface area contributed by atoms with Crippen LogP contribution in [0.15, 0.2) is 121 Å². The summed E-state index contributed by atoms with van der Waals surface area (Å²) < 4.78 is 0. The predicted octanol–water partition coefficient (Wildman–Crippen LogP) is 6.08. The van der Waals surface area contributed by atoms with Gasteiger partial charge in [0.15, 0.2) is 0 Å². The van der Waals surface area contributed by atoms with E-state index in [1.54, 1.807) is 0 Å². The summed E-state index contributed by atoms with van der Waals surface area (Å²) in [6, 6.07) is 42.8. The van der Waals surface area contributed by atoms with Gasteiger partial charge in [-0.15, -0.1) is 17.0 Å². The molecule has 0 saturated heterocycles. The van der Waals surface area contributed by atoms with E-state index in [4.69, 9.17) is 0 Å². The van der Waals surface area contributed by atoms with Crippen LogP contribution < -0.4 is 15.9 Å². The summed E-state index contributed by atoms with van der Waals surface area (Å²) in [7, 11) is 3.20. The van der Waals surface area contributed by atoms with Gasteiger partial charge in [0.25, 0.3) is 0 Å². The van der Waals surface area contributed by atoms with Gasteiger partial charge in [0.2, 0.25) is 0 Å². The van der Waals surface area contributed by atoms with Gasteiger partial charge in [-0.3, -0.25) is 0 Å². The Morgan fingerprint density at radius 2 is 0.714 bits per heavy atom. The molecular weight excluding hydrogens is 442 g/mol. The Balaban J connectivity index is 0.000000298. The van der Waals surface area contributed by atoms with E-state index in [-0.39, 0.29) is 17.0 Å². The van der Waals surface area contributed by atoms with Gasteiger partial charge in [-0.2, -0.15) is 0 Å². The average molecular weight is 469 g/mol. The molecule has 0 radical (unpaired) electrons. The Bertz CT molecular complexity index is 830. The van der Waals surface area contributed by atoms with Crippen LogP contribution in [0.3, 0.4) is 0 Å². The summed E-state index contributed by atoms with van der Waals surface area (Å²) in [5.41, 5.74) is 1.32. The molecule has 0 aliphatic carbocycles. The van der Waals surface area contributed by atoms with Crippen LogP contribution in [0, 0.1) is 6.92 Å². The van der Waals surface area contributed by atoms with Crippen LogP contribution in [-0.2, 0) is 0 Å². The fourth-order valence-electron chi connectivity index (χ4n) is 3.14. The zero-order valence-corrected chi connectivity index (χ0v) is 19.9. The molecule has 0 heterocycles. The summed E-state index contributed by atoms with van der Waals surface area (Å²) in [6.45, 7) is 0.122. The third-order valence-corrected chi connectivity index (χ3v) is 11.4. The first-order valence-electron chi connectivity index (χ1n) is 9.18. The van der Waals surface area contributed by atoms with Crippen LogP contribution in [0.5, 0.6) is 0 Å². The van der Waals surface area contributed by atoms with Crippen molar-refractivity contribution >= 4 is 48.8 Å². The summed E-state index contributed by atoms with van der Waals surface area (Å²) in [4.78, 5) is 0. The third-order valence-electron chi connectivity index (χ3n) is 4.63. The quantitative estimate of drug-likeness (QED) is 0.320. The van der Waals surface area contributed by atoms with Crippen molar-refractivity contribution < 1.29 is 0 Å². The van der Waals surface area contributed by atoms with Crippen molar-refractivity contribution in [3.8, 4) is 0 Å². The molecule has 0 nitrogen and oxygen atoms in total. The maximum absolute atomic E-state index is 3.20. The molecule has 0 spiro atoms. The van der Waals surface area contributed by atoms with Gasteiger partial charge in [0.1, 0.15) is 0 Å². The first-order valence-corrected chi connectivity index (χ1v) is 13.0. The molecule has 0 amide bonds. The van der Waals surface area contributed by atoms with Gasteiger partial charge in [0, 0.05) is 0 Å². The zero-order chi connectivity index (χ0) is 19.0. The second kappa shape index (κ2) is 11.3. The van der Waals surface area contributed by atoms with Crippen LogP contribution in [0.25, 0.3) is 0 Å². The Hall–Kier alpha value is -1.78. The summed E-state index contributed by atoms with van der Waals surface area (Å²) in [5.74, 6) is 0. The molecule has 0 fully saturated rings. The van der Waals surface area contributed by atoms with Crippen LogP contribution in [0.4, 0.5) is 0 Å². The maximum atomic E-state index is 3.20. The molecule has 28 heavy (non-hydrogen) atoms. The van der Waals surface area contributed by atoms with E-state index in [0.717, 1.165) is 0 Å². The number of hydrogen-bond acceptors (Lipinski definition) is 0. The van der Waals surface area contributed by atoms with Gasteiger partial charge in [-0.05, 0) is 6.92 Å². The molecule has 4 aromatic carbocycles. The number of aryl methyl sites for hydroxylation is 1. The van der Waals surface area contributed by atoms with E-state index in [1.807, 2.05) is 18.2 Å². The van der Waals surface area contributed by atoms with Gasteiger partial charge in [0.05, 0.1) is 0 Å². The first-order chi connectivity index (χ1) is 13.2. The molecule has 0 N–H and O–H groups in total. The van der Waals surface area contributed by atoms with E-state index in [9.17, 15) is 0 Å². The van der Waals surface area contributed by atoms with Crippen molar-refractivity contribution in [2.75, 3.05) is 0 Å².